The first-order chi connectivity index (χ1) is 7.84. The lowest BCUT2D eigenvalue weighted by atomic mass is 10.0. The van der Waals surface area contributed by atoms with E-state index in [1.165, 1.54) is 40.8 Å². The molecule has 1 atom stereocenters. The molecule has 0 bridgehead atoms. The van der Waals surface area contributed by atoms with E-state index in [9.17, 15) is 0 Å². The van der Waals surface area contributed by atoms with Crippen LogP contribution in [0.1, 0.15) is 33.4 Å². The van der Waals surface area contributed by atoms with Crippen molar-refractivity contribution in [2.75, 3.05) is 0 Å². The number of hydrogen-bond donors (Lipinski definition) is 0. The van der Waals surface area contributed by atoms with Crippen molar-refractivity contribution >= 4 is 22.9 Å². The molecule has 0 saturated carbocycles. The quantitative estimate of drug-likeness (QED) is 0.684. The van der Waals surface area contributed by atoms with Gasteiger partial charge in [-0.2, -0.15) is 0 Å². The van der Waals surface area contributed by atoms with E-state index in [1.807, 2.05) is 0 Å². The van der Waals surface area contributed by atoms with Gasteiger partial charge in [0.1, 0.15) is 0 Å². The Morgan fingerprint density at radius 2 is 2.00 bits per heavy atom. The molecule has 0 aliphatic heterocycles. The average Bonchev–Trinajstić information content (AvgIpc) is 2.98. The average molecular weight is 249 g/mol. The lowest BCUT2D eigenvalue weighted by molar-refractivity contribution is 0.911. The van der Waals surface area contributed by atoms with Gasteiger partial charge < -0.3 is 0 Å². The molecule has 1 heterocycles. The molecular formula is C14H13ClS. The minimum absolute atomic E-state index is 0.0194. The molecular weight excluding hydrogens is 236 g/mol. The minimum Gasteiger partial charge on any atom is -0.147 e. The zero-order chi connectivity index (χ0) is 11.0. The molecule has 1 aliphatic rings. The Kier molecular flexibility index (Phi) is 2.74. The second kappa shape index (κ2) is 4.23. The van der Waals surface area contributed by atoms with E-state index in [0.717, 1.165) is 0 Å². The Balaban J connectivity index is 1.95. The number of aryl methyl sites for hydroxylation is 2. The first-order valence-electron chi connectivity index (χ1n) is 5.64. The molecule has 16 heavy (non-hydrogen) atoms. The van der Waals surface area contributed by atoms with Crippen molar-refractivity contribution in [1.29, 1.82) is 0 Å². The van der Waals surface area contributed by atoms with Crippen LogP contribution < -0.4 is 0 Å². The van der Waals surface area contributed by atoms with Crippen LogP contribution in [0.25, 0.3) is 0 Å². The molecule has 82 valence electrons. The van der Waals surface area contributed by atoms with Gasteiger partial charge in [0.05, 0.1) is 5.38 Å². The molecule has 0 nitrogen and oxygen atoms in total. The minimum atomic E-state index is 0.0194. The van der Waals surface area contributed by atoms with E-state index in [0.29, 0.717) is 0 Å². The zero-order valence-corrected chi connectivity index (χ0v) is 10.5. The first-order valence-corrected chi connectivity index (χ1v) is 6.95. The van der Waals surface area contributed by atoms with Crippen LogP contribution in [0.4, 0.5) is 0 Å². The summed E-state index contributed by atoms with van der Waals surface area (Å²) >= 11 is 8.21. The Hall–Kier alpha value is -0.790. The van der Waals surface area contributed by atoms with Crippen molar-refractivity contribution in [2.24, 2.45) is 0 Å². The van der Waals surface area contributed by atoms with Gasteiger partial charge in [-0.25, -0.2) is 0 Å². The molecule has 0 fully saturated rings. The summed E-state index contributed by atoms with van der Waals surface area (Å²) in [7, 11) is 0. The fourth-order valence-electron chi connectivity index (χ4n) is 2.35. The molecule has 1 aromatic heterocycles. The van der Waals surface area contributed by atoms with Gasteiger partial charge in [0, 0.05) is 4.88 Å². The predicted octanol–water partition coefficient (Wildman–Crippen LogP) is 4.57. The maximum atomic E-state index is 6.49. The highest BCUT2D eigenvalue weighted by Crippen LogP contribution is 2.34. The molecule has 2 heteroatoms. The Labute approximate surface area is 105 Å². The number of halogens is 1. The monoisotopic (exact) mass is 248 g/mol. The summed E-state index contributed by atoms with van der Waals surface area (Å²) in [5.74, 6) is 0. The van der Waals surface area contributed by atoms with Gasteiger partial charge in [0.15, 0.2) is 0 Å². The third-order valence-electron chi connectivity index (χ3n) is 3.21. The predicted molar refractivity (Wildman–Crippen MR) is 70.5 cm³/mol. The summed E-state index contributed by atoms with van der Waals surface area (Å²) in [6, 6.07) is 10.9. The van der Waals surface area contributed by atoms with Crippen molar-refractivity contribution in [3.63, 3.8) is 0 Å². The third-order valence-corrected chi connectivity index (χ3v) is 4.76. The van der Waals surface area contributed by atoms with Crippen molar-refractivity contribution in [2.45, 2.75) is 24.6 Å². The largest absolute Gasteiger partial charge is 0.147 e. The van der Waals surface area contributed by atoms with Crippen molar-refractivity contribution in [1.82, 2.24) is 0 Å². The standard InChI is InChI=1S/C14H13ClS/c15-14(13-5-2-8-16-13)12-7-6-10-3-1-4-11(10)9-12/h2,5-9,14H,1,3-4H2. The van der Waals surface area contributed by atoms with Crippen LogP contribution >= 0.6 is 22.9 Å². The fraction of sp³-hybridized carbons (Fsp3) is 0.286. The van der Waals surface area contributed by atoms with Gasteiger partial charge in [-0.05, 0) is 47.4 Å². The SMILES string of the molecule is ClC(c1ccc2c(c1)CCC2)c1cccs1. The topological polar surface area (TPSA) is 0 Å². The van der Waals surface area contributed by atoms with Crippen LogP contribution in [0.5, 0.6) is 0 Å². The van der Waals surface area contributed by atoms with E-state index in [2.05, 4.69) is 35.7 Å². The van der Waals surface area contributed by atoms with Crippen molar-refractivity contribution in [3.8, 4) is 0 Å². The molecule has 0 radical (unpaired) electrons. The smallest absolute Gasteiger partial charge is 0.0927 e. The molecule has 1 aliphatic carbocycles. The third kappa shape index (κ3) is 1.79. The van der Waals surface area contributed by atoms with Gasteiger partial charge in [-0.1, -0.05) is 24.3 Å². The second-order valence-electron chi connectivity index (χ2n) is 4.26. The van der Waals surface area contributed by atoms with Gasteiger partial charge >= 0.3 is 0 Å². The summed E-state index contributed by atoms with van der Waals surface area (Å²) in [6.07, 6.45) is 3.75. The van der Waals surface area contributed by atoms with Gasteiger partial charge in [0.25, 0.3) is 0 Å². The molecule has 0 N–H and O–H groups in total. The van der Waals surface area contributed by atoms with E-state index >= 15 is 0 Å². The molecule has 0 saturated heterocycles. The van der Waals surface area contributed by atoms with Crippen molar-refractivity contribution in [3.05, 3.63) is 57.3 Å². The van der Waals surface area contributed by atoms with Crippen LogP contribution in [0.2, 0.25) is 0 Å². The Morgan fingerprint density at radius 1 is 1.12 bits per heavy atom. The lowest BCUT2D eigenvalue weighted by Gasteiger charge is -2.09. The molecule has 1 unspecified atom stereocenters. The van der Waals surface area contributed by atoms with Crippen LogP contribution in [0.3, 0.4) is 0 Å². The second-order valence-corrected chi connectivity index (χ2v) is 5.68. The Bertz CT molecular complexity index is 487. The summed E-state index contributed by atoms with van der Waals surface area (Å²) in [5.41, 5.74) is 4.25. The number of rotatable bonds is 2. The number of alkyl halides is 1. The molecule has 3 rings (SSSR count). The van der Waals surface area contributed by atoms with E-state index in [4.69, 9.17) is 11.6 Å². The summed E-state index contributed by atoms with van der Waals surface area (Å²) < 4.78 is 0. The summed E-state index contributed by atoms with van der Waals surface area (Å²) in [4.78, 5) is 1.24. The lowest BCUT2D eigenvalue weighted by Crippen LogP contribution is -1.92. The summed E-state index contributed by atoms with van der Waals surface area (Å²) in [6.45, 7) is 0. The number of hydrogen-bond acceptors (Lipinski definition) is 1. The van der Waals surface area contributed by atoms with E-state index in [-0.39, 0.29) is 5.38 Å². The van der Waals surface area contributed by atoms with Crippen LogP contribution in [0.15, 0.2) is 35.7 Å². The number of benzene rings is 1. The number of thiophene rings is 1. The normalized spacial score (nSPS) is 16.1. The molecule has 1 aromatic carbocycles. The maximum absolute atomic E-state index is 6.49. The van der Waals surface area contributed by atoms with Gasteiger partial charge in [-0.3, -0.25) is 0 Å². The highest BCUT2D eigenvalue weighted by molar-refractivity contribution is 7.10. The fourth-order valence-corrected chi connectivity index (χ4v) is 3.44. The maximum Gasteiger partial charge on any atom is 0.0927 e. The first kappa shape index (κ1) is 10.4. The van der Waals surface area contributed by atoms with E-state index in [1.54, 1.807) is 11.3 Å². The van der Waals surface area contributed by atoms with Crippen LogP contribution in [0, 0.1) is 0 Å². The van der Waals surface area contributed by atoms with Gasteiger partial charge in [0.2, 0.25) is 0 Å². The Morgan fingerprint density at radius 3 is 2.81 bits per heavy atom. The highest BCUT2D eigenvalue weighted by Gasteiger charge is 2.16. The van der Waals surface area contributed by atoms with E-state index < -0.39 is 0 Å². The van der Waals surface area contributed by atoms with Gasteiger partial charge in [-0.15, -0.1) is 22.9 Å². The zero-order valence-electron chi connectivity index (χ0n) is 8.95. The number of fused-ring (bicyclic) bond motifs is 1. The van der Waals surface area contributed by atoms with Crippen LogP contribution in [-0.2, 0) is 12.8 Å². The molecule has 0 amide bonds. The molecule has 0 spiro atoms. The highest BCUT2D eigenvalue weighted by atomic mass is 35.5. The summed E-state index contributed by atoms with van der Waals surface area (Å²) in [5, 5.41) is 2.10. The molecule has 2 aromatic rings. The van der Waals surface area contributed by atoms with Crippen LogP contribution in [-0.4, -0.2) is 0 Å². The van der Waals surface area contributed by atoms with Crippen molar-refractivity contribution < 1.29 is 0 Å².